The van der Waals surface area contributed by atoms with Gasteiger partial charge in [0.1, 0.15) is 0 Å². The molecule has 0 aliphatic carbocycles. The van der Waals surface area contributed by atoms with Gasteiger partial charge >= 0.3 is 0 Å². The molecule has 0 radical (unpaired) electrons. The first kappa shape index (κ1) is 19.1. The van der Waals surface area contributed by atoms with Crippen molar-refractivity contribution in [3.8, 4) is 0 Å². The summed E-state index contributed by atoms with van der Waals surface area (Å²) in [6.07, 6.45) is 0. The quantitative estimate of drug-likeness (QED) is 0.372. The Morgan fingerprint density at radius 2 is 1.36 bits per heavy atom. The van der Waals surface area contributed by atoms with Gasteiger partial charge in [0.05, 0.1) is 29.8 Å². The lowest BCUT2D eigenvalue weighted by molar-refractivity contribution is -0.215. The predicted octanol–water partition coefficient (Wildman–Crippen LogP) is 4.93. The number of fused-ring (bicyclic) bond motifs is 9. The second-order valence-corrected chi connectivity index (χ2v) is 9.42. The highest BCUT2D eigenvalue weighted by molar-refractivity contribution is 6.30. The lowest BCUT2D eigenvalue weighted by atomic mass is 9.97. The van der Waals surface area contributed by atoms with Crippen molar-refractivity contribution in [1.82, 2.24) is 14.5 Å². The summed E-state index contributed by atoms with van der Waals surface area (Å²) in [7, 11) is 0. The van der Waals surface area contributed by atoms with Crippen LogP contribution in [0.25, 0.3) is 43.6 Å². The summed E-state index contributed by atoms with van der Waals surface area (Å²) in [6.45, 7) is 6.94. The van der Waals surface area contributed by atoms with Crippen LogP contribution >= 0.6 is 0 Å². The van der Waals surface area contributed by atoms with E-state index in [0.29, 0.717) is 32.8 Å². The second-order valence-electron chi connectivity index (χ2n) is 9.42. The molecule has 0 saturated heterocycles. The second kappa shape index (κ2) is 6.59. The van der Waals surface area contributed by atoms with Crippen LogP contribution in [0.5, 0.6) is 0 Å². The van der Waals surface area contributed by atoms with Gasteiger partial charge < -0.3 is 23.9 Å². The molecule has 0 bridgehead atoms. The average molecular weight is 440 g/mol. The number of nitrogens with zero attached hydrogens (tertiary/aromatic N) is 2. The Morgan fingerprint density at radius 1 is 0.818 bits per heavy atom. The Bertz CT molecular complexity index is 1620. The van der Waals surface area contributed by atoms with Gasteiger partial charge in [-0.1, -0.05) is 36.4 Å². The van der Waals surface area contributed by atoms with Crippen LogP contribution in [-0.2, 0) is 29.1 Å². The molecule has 6 heteroatoms. The number of ether oxygens (including phenoxy) is 2. The number of nitrogens with one attached hydrogen (secondary N) is 1. The third-order valence-corrected chi connectivity index (χ3v) is 7.20. The molecular weight excluding hydrogens is 414 g/mol. The van der Waals surface area contributed by atoms with E-state index in [1.807, 2.05) is 13.8 Å². The van der Waals surface area contributed by atoms with E-state index in [4.69, 9.17) is 9.47 Å². The van der Waals surface area contributed by atoms with Crippen LogP contribution in [0.15, 0.2) is 48.5 Å². The number of carbonyl (C=O) groups excluding carboxylic acids is 1. The van der Waals surface area contributed by atoms with Crippen molar-refractivity contribution in [1.29, 1.82) is 0 Å². The number of aromatic nitrogens is 2. The van der Waals surface area contributed by atoms with Crippen molar-refractivity contribution in [3.05, 3.63) is 59.7 Å². The van der Waals surface area contributed by atoms with Crippen molar-refractivity contribution in [2.24, 2.45) is 0 Å². The molecule has 0 atom stereocenters. The molecule has 1 amide bonds. The van der Waals surface area contributed by atoms with Gasteiger partial charge in [-0.3, -0.25) is 4.79 Å². The molecule has 4 heterocycles. The summed E-state index contributed by atoms with van der Waals surface area (Å²) in [5.41, 5.74) is 6.51. The van der Waals surface area contributed by atoms with E-state index in [9.17, 15) is 4.79 Å². The van der Waals surface area contributed by atoms with Gasteiger partial charge in [0, 0.05) is 52.2 Å². The van der Waals surface area contributed by atoms with Gasteiger partial charge in [0.25, 0.3) is 5.91 Å². The molecule has 2 aliphatic heterocycles. The first-order valence-electron chi connectivity index (χ1n) is 11.6. The van der Waals surface area contributed by atoms with E-state index in [-0.39, 0.29) is 5.91 Å². The van der Waals surface area contributed by atoms with Gasteiger partial charge in [0.15, 0.2) is 5.79 Å². The molecule has 3 aromatic carbocycles. The number of benzene rings is 3. The van der Waals surface area contributed by atoms with Crippen molar-refractivity contribution in [2.75, 3.05) is 13.2 Å². The van der Waals surface area contributed by atoms with E-state index < -0.39 is 5.79 Å². The van der Waals surface area contributed by atoms with Gasteiger partial charge in [-0.05, 0) is 31.5 Å². The highest BCUT2D eigenvalue weighted by atomic mass is 16.7. The Morgan fingerprint density at radius 3 is 2.00 bits per heavy atom. The first-order valence-corrected chi connectivity index (χ1v) is 11.6. The molecule has 6 nitrogen and oxygen atoms in total. The summed E-state index contributed by atoms with van der Waals surface area (Å²) in [5.74, 6) is -0.649. The highest BCUT2D eigenvalue weighted by Crippen LogP contribution is 2.45. The molecule has 166 valence electrons. The van der Waals surface area contributed by atoms with Crippen LogP contribution in [0.2, 0.25) is 0 Å². The zero-order valence-electron chi connectivity index (χ0n) is 18.8. The number of rotatable bonds is 0. The normalized spacial score (nSPS) is 18.3. The molecular formula is C27H25N3O3. The molecule has 7 rings (SSSR count). The van der Waals surface area contributed by atoms with E-state index in [0.717, 1.165) is 32.9 Å². The van der Waals surface area contributed by atoms with Gasteiger partial charge in [0.2, 0.25) is 0 Å². The van der Waals surface area contributed by atoms with E-state index >= 15 is 0 Å². The maximum atomic E-state index is 13.2. The highest BCUT2D eigenvalue weighted by Gasteiger charge is 2.32. The van der Waals surface area contributed by atoms with Crippen LogP contribution in [0.4, 0.5) is 0 Å². The smallest absolute Gasteiger partial charge is 0.252 e. The molecule has 2 aliphatic rings. The minimum atomic E-state index is -0.664. The van der Waals surface area contributed by atoms with E-state index in [2.05, 4.69) is 63.0 Å². The van der Waals surface area contributed by atoms with Crippen molar-refractivity contribution < 1.29 is 14.3 Å². The largest absolute Gasteiger partial charge is 0.349 e. The van der Waals surface area contributed by atoms with Gasteiger partial charge in [-0.15, -0.1) is 0 Å². The van der Waals surface area contributed by atoms with Crippen molar-refractivity contribution in [2.45, 2.75) is 39.3 Å². The fourth-order valence-electron chi connectivity index (χ4n) is 5.89. The lowest BCUT2D eigenvalue weighted by Gasteiger charge is -2.26. The monoisotopic (exact) mass is 439 g/mol. The minimum Gasteiger partial charge on any atom is -0.349 e. The Hall–Kier alpha value is -3.35. The molecule has 2 aromatic heterocycles. The van der Waals surface area contributed by atoms with Crippen LogP contribution in [-0.4, -0.2) is 34.0 Å². The SMILES string of the molecule is CC1(C)OCCn2c3ccccc3c3c4c(c5c6ccccc6n(c5c32)CCO1)C(=O)NC4. The van der Waals surface area contributed by atoms with Gasteiger partial charge in [-0.25, -0.2) is 0 Å². The van der Waals surface area contributed by atoms with Crippen LogP contribution in [0.1, 0.15) is 29.8 Å². The number of hydrogen-bond acceptors (Lipinski definition) is 3. The molecule has 0 saturated carbocycles. The molecule has 1 N–H and O–H groups in total. The molecule has 5 aromatic rings. The zero-order valence-corrected chi connectivity index (χ0v) is 18.8. The van der Waals surface area contributed by atoms with Crippen LogP contribution in [0, 0.1) is 0 Å². The third kappa shape index (κ3) is 2.53. The molecule has 0 unspecified atom stereocenters. The van der Waals surface area contributed by atoms with Gasteiger partial charge in [-0.2, -0.15) is 0 Å². The van der Waals surface area contributed by atoms with Crippen LogP contribution in [0.3, 0.4) is 0 Å². The van der Waals surface area contributed by atoms with Crippen molar-refractivity contribution >= 4 is 49.5 Å². The lowest BCUT2D eigenvalue weighted by Crippen LogP contribution is -2.31. The summed E-state index contributed by atoms with van der Waals surface area (Å²) >= 11 is 0. The van der Waals surface area contributed by atoms with E-state index in [1.165, 1.54) is 21.8 Å². The zero-order chi connectivity index (χ0) is 22.3. The topological polar surface area (TPSA) is 57.4 Å². The number of carbonyl (C=O) groups is 1. The molecule has 0 fully saturated rings. The maximum Gasteiger partial charge on any atom is 0.252 e. The average Bonchev–Trinajstić information content (AvgIpc) is 3.44. The Kier molecular flexibility index (Phi) is 3.82. The van der Waals surface area contributed by atoms with E-state index in [1.54, 1.807) is 0 Å². The summed E-state index contributed by atoms with van der Waals surface area (Å²) in [5, 5.41) is 7.64. The number of amides is 1. The summed E-state index contributed by atoms with van der Waals surface area (Å²) in [6, 6.07) is 16.9. The minimum absolute atomic E-state index is 0.0154. The summed E-state index contributed by atoms with van der Waals surface area (Å²) < 4.78 is 17.0. The molecule has 0 spiro atoms. The fraction of sp³-hybridized carbons (Fsp3) is 0.296. The third-order valence-electron chi connectivity index (χ3n) is 7.20. The fourth-order valence-corrected chi connectivity index (χ4v) is 5.89. The number of hydrogen-bond donors (Lipinski definition) is 1. The van der Waals surface area contributed by atoms with Crippen molar-refractivity contribution in [3.63, 3.8) is 0 Å². The maximum absolute atomic E-state index is 13.2. The predicted molar refractivity (Wildman–Crippen MR) is 130 cm³/mol. The number of para-hydroxylation sites is 2. The molecule has 33 heavy (non-hydrogen) atoms. The Balaban J connectivity index is 1.75. The standard InChI is InChI=1S/C27H25N3O3/c1-27(2)32-13-11-29-19-9-5-3-7-16(19)21-18-15-28-26(31)23(18)22-17-8-4-6-10-20(17)30(12-14-33-27)25(22)24(21)29/h3-10H,11-15H2,1-2H3,(H,28,31). The summed E-state index contributed by atoms with van der Waals surface area (Å²) in [4.78, 5) is 13.2. The first-order chi connectivity index (χ1) is 16.1. The van der Waals surface area contributed by atoms with Crippen LogP contribution < -0.4 is 5.32 Å². The Labute approximate surface area is 190 Å².